The van der Waals surface area contributed by atoms with Crippen molar-refractivity contribution in [2.45, 2.75) is 31.7 Å². The number of nitrogens with zero attached hydrogens (tertiary/aromatic N) is 4. The van der Waals surface area contributed by atoms with Gasteiger partial charge >= 0.3 is 6.03 Å². The van der Waals surface area contributed by atoms with Crippen LogP contribution < -0.4 is 5.32 Å². The highest BCUT2D eigenvalue weighted by molar-refractivity contribution is 8.24. The lowest BCUT2D eigenvalue weighted by Crippen LogP contribution is -2.54. The molecule has 1 heterocycles. The van der Waals surface area contributed by atoms with Gasteiger partial charge < -0.3 is 5.32 Å². The maximum Gasteiger partial charge on any atom is 0.347 e. The Labute approximate surface area is 188 Å². The number of urea groups is 1. The number of aryl methyl sites for hydroxylation is 1. The molecule has 0 radical (unpaired) electrons. The number of rotatable bonds is 5. The molecule has 9 nitrogen and oxygen atoms in total. The lowest BCUT2D eigenvalue weighted by atomic mass is 10.1. The van der Waals surface area contributed by atoms with E-state index in [-0.39, 0.29) is 5.69 Å². The van der Waals surface area contributed by atoms with E-state index in [1.807, 2.05) is 45.0 Å². The van der Waals surface area contributed by atoms with Crippen LogP contribution in [0, 0.1) is 17.0 Å². The Morgan fingerprint density at radius 2 is 1.90 bits per heavy atom. The topological polar surface area (TPSA) is 111 Å². The molecule has 2 aromatic rings. The van der Waals surface area contributed by atoms with Gasteiger partial charge in [0.25, 0.3) is 5.69 Å². The third-order valence-corrected chi connectivity index (χ3v) is 6.10. The van der Waals surface area contributed by atoms with Gasteiger partial charge in [0.1, 0.15) is 0 Å². The van der Waals surface area contributed by atoms with Gasteiger partial charge in [-0.05, 0) is 38.5 Å². The Hall–Kier alpha value is -3.02. The molecule has 1 aliphatic rings. The van der Waals surface area contributed by atoms with Crippen molar-refractivity contribution in [2.24, 2.45) is 5.10 Å². The molecule has 1 aliphatic heterocycles. The summed E-state index contributed by atoms with van der Waals surface area (Å²) in [6, 6.07) is 12.2. The second kappa shape index (κ2) is 9.00. The minimum atomic E-state index is -0.871. The fourth-order valence-electron chi connectivity index (χ4n) is 2.97. The van der Waals surface area contributed by atoms with Crippen molar-refractivity contribution in [1.82, 2.24) is 10.1 Å². The minimum Gasteiger partial charge on any atom is -0.306 e. The molecular formula is C20H21N5O4S2. The van der Waals surface area contributed by atoms with E-state index in [9.17, 15) is 20.1 Å². The molecule has 0 aliphatic carbocycles. The van der Waals surface area contributed by atoms with E-state index in [2.05, 4.69) is 10.4 Å². The van der Waals surface area contributed by atoms with Crippen LogP contribution in [-0.2, 0) is 0 Å². The molecule has 162 valence electrons. The molecule has 2 aromatic carbocycles. The summed E-state index contributed by atoms with van der Waals surface area (Å²) in [6.45, 7) is 5.68. The number of amides is 2. The van der Waals surface area contributed by atoms with Crippen molar-refractivity contribution in [3.05, 3.63) is 69.8 Å². The van der Waals surface area contributed by atoms with Crippen LogP contribution in [0.4, 0.5) is 16.2 Å². The number of hydrazone groups is 1. The Morgan fingerprint density at radius 3 is 2.48 bits per heavy atom. The highest BCUT2D eigenvalue weighted by atomic mass is 32.2. The van der Waals surface area contributed by atoms with E-state index >= 15 is 0 Å². The number of benzene rings is 2. The van der Waals surface area contributed by atoms with E-state index in [1.54, 1.807) is 6.21 Å². The fourth-order valence-corrected chi connectivity index (χ4v) is 4.75. The number of carbonyl (C=O) groups is 1. The Bertz CT molecular complexity index is 1020. The number of carbonyl (C=O) groups excluding carboxylic acids is 1. The molecule has 2 N–H and O–H groups in total. The minimum absolute atomic E-state index is 0.103. The lowest BCUT2D eigenvalue weighted by molar-refractivity contribution is -0.384. The molecule has 2 amide bonds. The predicted molar refractivity (Wildman–Crippen MR) is 124 cm³/mol. The molecule has 0 spiro atoms. The Morgan fingerprint density at radius 1 is 1.29 bits per heavy atom. The zero-order valence-corrected chi connectivity index (χ0v) is 18.7. The number of hydrogen-bond donors (Lipinski definition) is 2. The summed E-state index contributed by atoms with van der Waals surface area (Å²) in [5.74, 6) is 0. The Kier molecular flexibility index (Phi) is 6.58. The molecule has 11 heteroatoms. The summed E-state index contributed by atoms with van der Waals surface area (Å²) in [5.41, 5.74) is 2.17. The summed E-state index contributed by atoms with van der Waals surface area (Å²) >= 11 is 6.74. The van der Waals surface area contributed by atoms with Gasteiger partial charge in [-0.3, -0.25) is 15.3 Å². The van der Waals surface area contributed by atoms with Gasteiger partial charge in [-0.15, -0.1) is 0 Å². The Balaban J connectivity index is 1.78. The van der Waals surface area contributed by atoms with Gasteiger partial charge in [-0.25, -0.2) is 9.80 Å². The van der Waals surface area contributed by atoms with E-state index in [1.165, 1.54) is 41.0 Å². The summed E-state index contributed by atoms with van der Waals surface area (Å²) in [5, 5.41) is 30.4. The monoisotopic (exact) mass is 459 g/mol. The first kappa shape index (κ1) is 22.7. The SMILES string of the molecule is Cc1ccc(/C=N\N2C(=S)SC(C)(C)[C@H]2N(O)C(=O)Nc2ccc([N+](=O)[O-])cc2)cc1. The van der Waals surface area contributed by atoms with Crippen LogP contribution in [0.25, 0.3) is 0 Å². The van der Waals surface area contributed by atoms with E-state index in [0.29, 0.717) is 15.1 Å². The number of thiocarbonyl (C=S) groups is 1. The highest BCUT2D eigenvalue weighted by Crippen LogP contribution is 2.42. The lowest BCUT2D eigenvalue weighted by Gasteiger charge is -2.34. The molecule has 1 saturated heterocycles. The second-order valence-corrected chi connectivity index (χ2v) is 9.71. The quantitative estimate of drug-likeness (QED) is 0.221. The zero-order valence-electron chi connectivity index (χ0n) is 17.1. The largest absolute Gasteiger partial charge is 0.347 e. The van der Waals surface area contributed by atoms with E-state index < -0.39 is 21.9 Å². The van der Waals surface area contributed by atoms with Crippen LogP contribution in [0.5, 0.6) is 0 Å². The molecular weight excluding hydrogens is 438 g/mol. The predicted octanol–water partition coefficient (Wildman–Crippen LogP) is 4.60. The van der Waals surface area contributed by atoms with Crippen LogP contribution in [0.1, 0.15) is 25.0 Å². The van der Waals surface area contributed by atoms with Crippen molar-refractivity contribution < 1.29 is 14.9 Å². The van der Waals surface area contributed by atoms with Crippen molar-refractivity contribution in [3.8, 4) is 0 Å². The number of hydrogen-bond acceptors (Lipinski definition) is 7. The molecule has 31 heavy (non-hydrogen) atoms. The zero-order chi connectivity index (χ0) is 22.8. The molecule has 1 fully saturated rings. The molecule has 1 atom stereocenters. The second-order valence-electron chi connectivity index (χ2n) is 7.42. The average molecular weight is 460 g/mol. The van der Waals surface area contributed by atoms with Crippen LogP contribution in [0.2, 0.25) is 0 Å². The number of nitro groups is 1. The van der Waals surface area contributed by atoms with Crippen molar-refractivity contribution in [1.29, 1.82) is 0 Å². The number of non-ortho nitro benzene ring substituents is 1. The van der Waals surface area contributed by atoms with Gasteiger partial charge in [0.05, 0.1) is 15.9 Å². The maximum absolute atomic E-state index is 12.7. The maximum atomic E-state index is 12.7. The summed E-state index contributed by atoms with van der Waals surface area (Å²) in [7, 11) is 0. The first-order valence-electron chi connectivity index (χ1n) is 9.25. The van der Waals surface area contributed by atoms with Crippen LogP contribution in [0.3, 0.4) is 0 Å². The van der Waals surface area contributed by atoms with Crippen LogP contribution in [0.15, 0.2) is 53.6 Å². The van der Waals surface area contributed by atoms with Crippen molar-refractivity contribution in [3.63, 3.8) is 0 Å². The summed E-state index contributed by atoms with van der Waals surface area (Å²) in [6.07, 6.45) is 0.743. The van der Waals surface area contributed by atoms with Crippen LogP contribution >= 0.6 is 24.0 Å². The first-order valence-corrected chi connectivity index (χ1v) is 10.5. The first-order chi connectivity index (χ1) is 14.6. The number of nitro benzene ring substituents is 1. The van der Waals surface area contributed by atoms with Crippen molar-refractivity contribution in [2.75, 3.05) is 5.32 Å². The third-order valence-electron chi connectivity index (χ3n) is 4.57. The van der Waals surface area contributed by atoms with Gasteiger partial charge in [-0.2, -0.15) is 10.2 Å². The number of hydroxylamine groups is 2. The summed E-state index contributed by atoms with van der Waals surface area (Å²) < 4.78 is -0.232. The standard InChI is InChI=1S/C20H21N5O4S2/c1-13-4-6-14(7-5-13)12-21-23-17(20(2,3)31-19(23)30)24(27)18(26)22-15-8-10-16(11-9-15)25(28)29/h4-12,17,27H,1-3H3,(H,22,26)/b21-12-/t17-/m1/s1. The normalized spacial score (nSPS) is 17.7. The highest BCUT2D eigenvalue weighted by Gasteiger charge is 2.50. The van der Waals surface area contributed by atoms with Gasteiger partial charge in [0.2, 0.25) is 0 Å². The molecule has 0 saturated carbocycles. The molecule has 3 rings (SSSR count). The van der Waals surface area contributed by atoms with E-state index in [4.69, 9.17) is 12.2 Å². The fraction of sp³-hybridized carbons (Fsp3) is 0.250. The molecule has 0 bridgehead atoms. The van der Waals surface area contributed by atoms with Gasteiger partial charge in [0, 0.05) is 17.8 Å². The van der Waals surface area contributed by atoms with Crippen LogP contribution in [-0.4, -0.2) is 47.7 Å². The van der Waals surface area contributed by atoms with Crippen molar-refractivity contribution >= 4 is 51.9 Å². The number of anilines is 1. The smallest absolute Gasteiger partial charge is 0.306 e. The van der Waals surface area contributed by atoms with Gasteiger partial charge in [-0.1, -0.05) is 53.8 Å². The summed E-state index contributed by atoms with van der Waals surface area (Å²) in [4.78, 5) is 22.9. The van der Waals surface area contributed by atoms with Gasteiger partial charge in [0.15, 0.2) is 10.5 Å². The average Bonchev–Trinajstić information content (AvgIpc) is 2.94. The molecule has 0 aromatic heterocycles. The van der Waals surface area contributed by atoms with E-state index in [0.717, 1.165) is 11.1 Å². The number of nitrogens with one attached hydrogen (secondary N) is 1. The number of thioether (sulfide) groups is 1. The molecule has 0 unspecified atom stereocenters. The third kappa shape index (κ3) is 5.19.